The molecule has 0 aromatic heterocycles. The molecule has 0 N–H and O–H groups in total. The number of nitrogens with zero attached hydrogens (tertiary/aromatic N) is 5. The molecule has 15 heteroatoms. The fourth-order valence-corrected chi connectivity index (χ4v) is 12.7. The second kappa shape index (κ2) is 15.3. The van der Waals surface area contributed by atoms with Crippen LogP contribution < -0.4 is 14.4 Å². The number of hydrogen-bond donors (Lipinski definition) is 0. The number of aliphatic imine (C=N–C) groups is 1. The van der Waals surface area contributed by atoms with Crippen molar-refractivity contribution in [3.05, 3.63) is 77.4 Å². The summed E-state index contributed by atoms with van der Waals surface area (Å²) in [5.41, 5.74) is 1.70. The molecule has 0 amide bonds. The number of alkyl halides is 1. The van der Waals surface area contributed by atoms with E-state index in [1.165, 1.54) is 10.4 Å². The Morgan fingerprint density at radius 2 is 1.48 bits per heavy atom. The highest BCUT2D eigenvalue weighted by Crippen LogP contribution is 2.40. The molecule has 0 saturated carbocycles. The normalized spacial score (nSPS) is 18.4. The van der Waals surface area contributed by atoms with E-state index in [0.717, 1.165) is 0 Å². The molecule has 50 heavy (non-hydrogen) atoms. The first kappa shape index (κ1) is 37.6. The summed E-state index contributed by atoms with van der Waals surface area (Å²) in [6, 6.07) is 17.4. The molecule has 1 saturated heterocycles. The second-order valence-corrected chi connectivity index (χ2v) is 23.6. The Morgan fingerprint density at radius 3 is 1.96 bits per heavy atom. The molecule has 0 unspecified atom stereocenters. The van der Waals surface area contributed by atoms with E-state index in [1.807, 2.05) is 6.92 Å². The number of amidine groups is 1. The van der Waals surface area contributed by atoms with Gasteiger partial charge in [-0.25, -0.2) is 26.2 Å². The van der Waals surface area contributed by atoms with E-state index >= 15 is 12.8 Å². The van der Waals surface area contributed by atoms with E-state index in [2.05, 4.69) is 34.9 Å². The van der Waals surface area contributed by atoms with Crippen LogP contribution in [0, 0.1) is 5.92 Å². The minimum atomic E-state index is -4.65. The van der Waals surface area contributed by atoms with Crippen LogP contribution in [0.4, 0.5) is 10.1 Å². The predicted octanol–water partition coefficient (Wildman–Crippen LogP) is 6.56. The summed E-state index contributed by atoms with van der Waals surface area (Å²) in [6.45, 7) is 8.30. The Kier molecular flexibility index (Phi) is 11.5. The Morgan fingerprint density at radius 1 is 0.900 bits per heavy atom. The maximum atomic E-state index is 15.4. The number of methoxy groups -OCH3 is 2. The average molecular weight is 744 g/mol. The number of sulfone groups is 1. The SMILES string of the molecule is COc1ccc(CN(Cc2ccc(OC)cc2)S(=O)(=O)c2c(S(=O)(=O)CC[Si](C)(C)C)ccc(N3CC[C@@H](C)[C@@H](F)C3)c2C2=NCN=N2)cc1. The molecule has 0 spiro atoms. The predicted molar refractivity (Wildman–Crippen MR) is 196 cm³/mol. The third kappa shape index (κ3) is 8.61. The number of ether oxygens (including phenoxy) is 2. The van der Waals surface area contributed by atoms with E-state index in [0.29, 0.717) is 47.3 Å². The van der Waals surface area contributed by atoms with E-state index in [9.17, 15) is 8.42 Å². The van der Waals surface area contributed by atoms with E-state index in [-0.39, 0.29) is 54.3 Å². The summed E-state index contributed by atoms with van der Waals surface area (Å²) in [4.78, 5) is 5.44. The van der Waals surface area contributed by atoms with Crippen molar-refractivity contribution >= 4 is 39.5 Å². The van der Waals surface area contributed by atoms with Crippen molar-refractivity contribution < 1.29 is 30.7 Å². The first-order chi connectivity index (χ1) is 23.6. The maximum absolute atomic E-state index is 15.4. The van der Waals surface area contributed by atoms with Gasteiger partial charge in [-0.15, -0.1) is 5.11 Å². The summed E-state index contributed by atoms with van der Waals surface area (Å²) < 4.78 is 86.5. The molecule has 2 aliphatic heterocycles. The van der Waals surface area contributed by atoms with Gasteiger partial charge in [0.05, 0.1) is 30.4 Å². The van der Waals surface area contributed by atoms with Gasteiger partial charge in [-0.3, -0.25) is 0 Å². The summed E-state index contributed by atoms with van der Waals surface area (Å²) in [5, 5.41) is 8.20. The van der Waals surface area contributed by atoms with Crippen molar-refractivity contribution in [3.63, 3.8) is 0 Å². The Hall–Kier alpha value is -3.66. The molecule has 5 rings (SSSR count). The fourth-order valence-electron chi connectivity index (χ4n) is 5.91. The lowest BCUT2D eigenvalue weighted by atomic mass is 9.96. The lowest BCUT2D eigenvalue weighted by molar-refractivity contribution is 0.211. The van der Waals surface area contributed by atoms with Gasteiger partial charge < -0.3 is 14.4 Å². The van der Waals surface area contributed by atoms with Crippen molar-refractivity contribution in [1.29, 1.82) is 0 Å². The molecule has 3 aromatic rings. The van der Waals surface area contributed by atoms with Crippen molar-refractivity contribution in [1.82, 2.24) is 4.31 Å². The van der Waals surface area contributed by atoms with Crippen LogP contribution in [-0.2, 0) is 33.0 Å². The standard InChI is InChI=1S/C35H46FN5O6S2Si/c1-25-17-18-40(23-30(25)36)31-15-16-32(48(42,43)19-20-50(4,5)6)34(33(31)35-37-24-38-39-35)49(44,45)41(21-26-7-11-28(46-2)12-8-26)22-27-9-13-29(47-3)14-10-27/h7-16,25,30H,17-24H2,1-6H3/t25-,30+/m1/s1. The first-order valence-corrected chi connectivity index (χ1v) is 23.4. The van der Waals surface area contributed by atoms with Gasteiger partial charge >= 0.3 is 0 Å². The maximum Gasteiger partial charge on any atom is 0.245 e. The molecular formula is C35H46FN5O6S2Si. The highest BCUT2D eigenvalue weighted by molar-refractivity contribution is 7.93. The summed E-state index contributed by atoms with van der Waals surface area (Å²) in [6.07, 6.45) is -0.626. The average Bonchev–Trinajstić information content (AvgIpc) is 3.63. The number of halogens is 1. The molecular weight excluding hydrogens is 698 g/mol. The van der Waals surface area contributed by atoms with Gasteiger partial charge in [0.2, 0.25) is 10.0 Å². The molecule has 11 nitrogen and oxygen atoms in total. The van der Waals surface area contributed by atoms with E-state index < -0.39 is 39.0 Å². The van der Waals surface area contributed by atoms with Gasteiger partial charge in [0.25, 0.3) is 0 Å². The lowest BCUT2D eigenvalue weighted by Crippen LogP contribution is -2.42. The van der Waals surface area contributed by atoms with Gasteiger partial charge in [-0.05, 0) is 65.9 Å². The smallest absolute Gasteiger partial charge is 0.245 e. The van der Waals surface area contributed by atoms with Crippen LogP contribution in [0.3, 0.4) is 0 Å². The number of benzene rings is 3. The van der Waals surface area contributed by atoms with Crippen LogP contribution in [0.25, 0.3) is 0 Å². The first-order valence-electron chi connectivity index (χ1n) is 16.6. The molecule has 2 heterocycles. The Bertz CT molecular complexity index is 1900. The van der Waals surface area contributed by atoms with Crippen LogP contribution in [0.15, 0.2) is 85.7 Å². The third-order valence-corrected chi connectivity index (χ3v) is 14.9. The molecule has 0 bridgehead atoms. The number of anilines is 1. The van der Waals surface area contributed by atoms with Crippen LogP contribution >= 0.6 is 0 Å². The minimum absolute atomic E-state index is 0.00342. The van der Waals surface area contributed by atoms with Gasteiger partial charge in [0.1, 0.15) is 22.6 Å². The van der Waals surface area contributed by atoms with Crippen LogP contribution in [0.5, 0.6) is 11.5 Å². The largest absolute Gasteiger partial charge is 0.497 e. The van der Waals surface area contributed by atoms with Gasteiger partial charge in [0, 0.05) is 39.9 Å². The molecule has 270 valence electrons. The van der Waals surface area contributed by atoms with Gasteiger partial charge in [-0.1, -0.05) is 50.8 Å². The van der Waals surface area contributed by atoms with Crippen molar-refractivity contribution in [2.24, 2.45) is 21.1 Å². The van der Waals surface area contributed by atoms with E-state index in [1.54, 1.807) is 73.7 Å². The highest BCUT2D eigenvalue weighted by Gasteiger charge is 2.40. The molecule has 0 aliphatic carbocycles. The van der Waals surface area contributed by atoms with E-state index in [4.69, 9.17) is 9.47 Å². The summed E-state index contributed by atoms with van der Waals surface area (Å²) in [5.74, 6) is 0.824. The number of piperidine rings is 1. The monoisotopic (exact) mass is 743 g/mol. The molecule has 3 aromatic carbocycles. The second-order valence-electron chi connectivity index (χ2n) is 14.0. The van der Waals surface area contributed by atoms with Crippen LogP contribution in [0.2, 0.25) is 25.7 Å². The fraction of sp³-hybridized carbons (Fsp3) is 0.457. The molecule has 0 radical (unpaired) electrons. The highest BCUT2D eigenvalue weighted by atomic mass is 32.2. The number of sulfonamides is 1. The molecule has 1 fully saturated rings. The Labute approximate surface area is 296 Å². The summed E-state index contributed by atoms with van der Waals surface area (Å²) >= 11 is 0. The van der Waals surface area contributed by atoms with Crippen LogP contribution in [0.1, 0.15) is 30.0 Å². The zero-order chi connectivity index (χ0) is 36.3. The van der Waals surface area contributed by atoms with Gasteiger partial charge in [-0.2, -0.15) is 9.42 Å². The third-order valence-electron chi connectivity index (χ3n) is 9.07. The number of hydrogen-bond acceptors (Lipinski definition) is 10. The molecule has 2 aliphatic rings. The Balaban J connectivity index is 1.76. The van der Waals surface area contributed by atoms with Gasteiger partial charge in [0.15, 0.2) is 22.3 Å². The lowest BCUT2D eigenvalue weighted by Gasteiger charge is -2.36. The zero-order valence-electron chi connectivity index (χ0n) is 29.5. The quantitative estimate of drug-likeness (QED) is 0.171. The van der Waals surface area contributed by atoms with Crippen molar-refractivity contribution in [2.45, 2.75) is 68.1 Å². The number of rotatable bonds is 14. The minimum Gasteiger partial charge on any atom is -0.497 e. The molecule has 2 atom stereocenters. The van der Waals surface area contributed by atoms with Crippen molar-refractivity contribution in [3.8, 4) is 11.5 Å². The number of azo groups is 1. The van der Waals surface area contributed by atoms with Crippen molar-refractivity contribution in [2.75, 3.05) is 44.6 Å². The van der Waals surface area contributed by atoms with Crippen LogP contribution in [-0.4, -0.2) is 81.0 Å². The zero-order valence-corrected chi connectivity index (χ0v) is 32.1. The summed E-state index contributed by atoms with van der Waals surface area (Å²) in [7, 11) is -7.56. The topological polar surface area (TPSA) is 130 Å².